The molecule has 1 aliphatic carbocycles. The second-order valence-corrected chi connectivity index (χ2v) is 7.78. The normalized spacial score (nSPS) is 23.3. The van der Waals surface area contributed by atoms with Crippen molar-refractivity contribution in [3.8, 4) is 6.07 Å². The summed E-state index contributed by atoms with van der Waals surface area (Å²) in [6.45, 7) is 2.20. The minimum absolute atomic E-state index is 0.0355. The van der Waals surface area contributed by atoms with Crippen molar-refractivity contribution in [3.05, 3.63) is 28.8 Å². The Morgan fingerprint density at radius 1 is 1.29 bits per heavy atom. The molecule has 0 aromatic heterocycles. The molecule has 1 aromatic rings. The van der Waals surface area contributed by atoms with Crippen LogP contribution in [0.4, 0.5) is 0 Å². The van der Waals surface area contributed by atoms with Crippen LogP contribution in [0.3, 0.4) is 0 Å². The molecule has 0 aliphatic heterocycles. The largest absolute Gasteiger partial charge is 0.242 e. The van der Waals surface area contributed by atoms with Crippen LogP contribution in [0.2, 0.25) is 5.02 Å². The molecule has 1 aromatic carbocycles. The van der Waals surface area contributed by atoms with Gasteiger partial charge >= 0.3 is 0 Å². The van der Waals surface area contributed by atoms with E-state index in [0.29, 0.717) is 11.5 Å². The Kier molecular flexibility index (Phi) is 5.26. The fourth-order valence-electron chi connectivity index (χ4n) is 2.68. The van der Waals surface area contributed by atoms with Crippen molar-refractivity contribution in [2.24, 2.45) is 5.92 Å². The molecule has 0 amide bonds. The first kappa shape index (κ1) is 16.3. The van der Waals surface area contributed by atoms with Gasteiger partial charge in [0.05, 0.1) is 16.7 Å². The van der Waals surface area contributed by atoms with Crippen LogP contribution in [0.15, 0.2) is 23.1 Å². The molecular weight excluding hydrogens is 308 g/mol. The van der Waals surface area contributed by atoms with E-state index in [1.807, 2.05) is 6.07 Å². The Hall–Kier alpha value is -1.09. The van der Waals surface area contributed by atoms with Gasteiger partial charge in [-0.15, -0.1) is 0 Å². The summed E-state index contributed by atoms with van der Waals surface area (Å²) in [6.07, 6.45) is 4.94. The third-order valence-electron chi connectivity index (χ3n) is 3.93. The topological polar surface area (TPSA) is 70.0 Å². The molecule has 114 valence electrons. The van der Waals surface area contributed by atoms with Crippen LogP contribution in [0.1, 0.15) is 44.6 Å². The smallest absolute Gasteiger partial charge is 0.208 e. The van der Waals surface area contributed by atoms with Gasteiger partial charge in [0.1, 0.15) is 4.90 Å². The lowest BCUT2D eigenvalue weighted by molar-refractivity contribution is 0.484. The number of nitrogens with one attached hydrogen (secondary N) is 1. The van der Waals surface area contributed by atoms with Crippen molar-refractivity contribution in [1.82, 2.24) is 4.72 Å². The van der Waals surface area contributed by atoms with E-state index in [1.165, 1.54) is 18.2 Å². The molecule has 1 fully saturated rings. The summed E-state index contributed by atoms with van der Waals surface area (Å²) in [5, 5.41) is 8.89. The summed E-state index contributed by atoms with van der Waals surface area (Å²) in [7, 11) is -3.64. The fourth-order valence-corrected chi connectivity index (χ4v) is 4.53. The molecule has 1 aliphatic rings. The lowest BCUT2D eigenvalue weighted by atomic mass is 10.0. The van der Waals surface area contributed by atoms with Crippen molar-refractivity contribution < 1.29 is 8.42 Å². The molecule has 2 rings (SSSR count). The average molecular weight is 327 g/mol. The van der Waals surface area contributed by atoms with Gasteiger partial charge < -0.3 is 0 Å². The zero-order valence-electron chi connectivity index (χ0n) is 12.0. The number of rotatable bonds is 3. The zero-order valence-corrected chi connectivity index (χ0v) is 13.5. The van der Waals surface area contributed by atoms with Crippen molar-refractivity contribution in [2.75, 3.05) is 0 Å². The number of nitriles is 1. The van der Waals surface area contributed by atoms with Crippen molar-refractivity contribution in [3.63, 3.8) is 0 Å². The van der Waals surface area contributed by atoms with E-state index in [0.717, 1.165) is 32.1 Å². The Labute approximate surface area is 131 Å². The Balaban J connectivity index is 2.17. The molecular formula is C15H19ClN2O2S. The molecule has 0 bridgehead atoms. The first-order valence-electron chi connectivity index (χ1n) is 7.14. The van der Waals surface area contributed by atoms with Gasteiger partial charge in [0, 0.05) is 6.04 Å². The monoisotopic (exact) mass is 326 g/mol. The Morgan fingerprint density at radius 2 is 2.05 bits per heavy atom. The van der Waals surface area contributed by atoms with Gasteiger partial charge in [-0.05, 0) is 43.4 Å². The molecule has 2 unspecified atom stereocenters. The third kappa shape index (κ3) is 4.19. The van der Waals surface area contributed by atoms with Gasteiger partial charge in [0.25, 0.3) is 0 Å². The molecule has 21 heavy (non-hydrogen) atoms. The summed E-state index contributed by atoms with van der Waals surface area (Å²) < 4.78 is 27.6. The number of sulfonamides is 1. The van der Waals surface area contributed by atoms with Crippen LogP contribution in [-0.2, 0) is 10.0 Å². The number of benzene rings is 1. The fraction of sp³-hybridized carbons (Fsp3) is 0.533. The zero-order chi connectivity index (χ0) is 15.5. The van der Waals surface area contributed by atoms with E-state index in [2.05, 4.69) is 11.6 Å². The molecule has 0 radical (unpaired) electrons. The quantitative estimate of drug-likeness (QED) is 0.865. The maximum Gasteiger partial charge on any atom is 0.242 e. The second kappa shape index (κ2) is 6.78. The molecule has 0 saturated heterocycles. The number of hydrogen-bond acceptors (Lipinski definition) is 3. The lowest BCUT2D eigenvalue weighted by Gasteiger charge is -2.17. The maximum atomic E-state index is 12.4. The molecule has 0 heterocycles. The summed E-state index contributed by atoms with van der Waals surface area (Å²) in [6, 6.07) is 6.15. The first-order chi connectivity index (χ1) is 9.92. The second-order valence-electron chi connectivity index (χ2n) is 5.69. The summed E-state index contributed by atoms with van der Waals surface area (Å²) in [4.78, 5) is 0.0421. The van der Waals surface area contributed by atoms with Gasteiger partial charge in [-0.1, -0.05) is 31.4 Å². The van der Waals surface area contributed by atoms with Crippen LogP contribution in [0.5, 0.6) is 0 Å². The van der Waals surface area contributed by atoms with E-state index in [-0.39, 0.29) is 16.0 Å². The molecule has 2 atom stereocenters. The van der Waals surface area contributed by atoms with E-state index < -0.39 is 10.0 Å². The standard InChI is InChI=1S/C15H19ClN2O2S/c1-11-3-2-4-13(7-5-11)18-21(19,20)15-8-6-12(10-17)9-14(15)16/h6,8-9,11,13,18H,2-5,7H2,1H3. The maximum absolute atomic E-state index is 12.4. The van der Waals surface area contributed by atoms with Crippen LogP contribution in [-0.4, -0.2) is 14.5 Å². The van der Waals surface area contributed by atoms with Crippen LogP contribution >= 0.6 is 11.6 Å². The third-order valence-corrected chi connectivity index (χ3v) is 5.93. The van der Waals surface area contributed by atoms with Crippen LogP contribution < -0.4 is 4.72 Å². The van der Waals surface area contributed by atoms with Gasteiger partial charge in [0.2, 0.25) is 10.0 Å². The summed E-state index contributed by atoms with van der Waals surface area (Å²) in [5.41, 5.74) is 0.349. The number of halogens is 1. The van der Waals surface area contributed by atoms with Gasteiger partial charge in [0.15, 0.2) is 0 Å². The molecule has 1 saturated carbocycles. The van der Waals surface area contributed by atoms with E-state index in [9.17, 15) is 8.42 Å². The average Bonchev–Trinajstić information content (AvgIpc) is 2.62. The first-order valence-corrected chi connectivity index (χ1v) is 9.00. The van der Waals surface area contributed by atoms with E-state index in [4.69, 9.17) is 16.9 Å². The minimum atomic E-state index is -3.64. The predicted molar refractivity (Wildman–Crippen MR) is 82.5 cm³/mol. The SMILES string of the molecule is CC1CCCC(NS(=O)(=O)c2ccc(C#N)cc2Cl)CC1. The Morgan fingerprint density at radius 3 is 2.71 bits per heavy atom. The van der Waals surface area contributed by atoms with E-state index >= 15 is 0 Å². The highest BCUT2D eigenvalue weighted by Gasteiger charge is 2.24. The van der Waals surface area contributed by atoms with E-state index in [1.54, 1.807) is 0 Å². The highest BCUT2D eigenvalue weighted by molar-refractivity contribution is 7.89. The predicted octanol–water partition coefficient (Wildman–Crippen LogP) is 3.46. The van der Waals surface area contributed by atoms with Gasteiger partial charge in [-0.2, -0.15) is 5.26 Å². The van der Waals surface area contributed by atoms with Crippen molar-refractivity contribution >= 4 is 21.6 Å². The lowest BCUT2D eigenvalue weighted by Crippen LogP contribution is -2.34. The van der Waals surface area contributed by atoms with Gasteiger partial charge in [-0.25, -0.2) is 13.1 Å². The Bertz CT molecular complexity index is 652. The highest BCUT2D eigenvalue weighted by atomic mass is 35.5. The highest BCUT2D eigenvalue weighted by Crippen LogP contribution is 2.26. The molecule has 1 N–H and O–H groups in total. The van der Waals surface area contributed by atoms with Crippen LogP contribution in [0.25, 0.3) is 0 Å². The molecule has 0 spiro atoms. The van der Waals surface area contributed by atoms with Crippen LogP contribution in [0, 0.1) is 17.2 Å². The van der Waals surface area contributed by atoms with Crippen molar-refractivity contribution in [1.29, 1.82) is 5.26 Å². The van der Waals surface area contributed by atoms with Gasteiger partial charge in [-0.3, -0.25) is 0 Å². The summed E-state index contributed by atoms with van der Waals surface area (Å²) in [5.74, 6) is 0.651. The van der Waals surface area contributed by atoms with Crippen molar-refractivity contribution in [2.45, 2.75) is 50.0 Å². The molecule has 6 heteroatoms. The minimum Gasteiger partial charge on any atom is -0.208 e. The summed E-state index contributed by atoms with van der Waals surface area (Å²) >= 11 is 6.00. The molecule has 4 nitrogen and oxygen atoms in total. The number of hydrogen-bond donors (Lipinski definition) is 1. The number of nitrogens with zero attached hydrogens (tertiary/aromatic N) is 1.